The quantitative estimate of drug-likeness (QED) is 0.908. The van der Waals surface area contributed by atoms with Crippen molar-refractivity contribution in [3.8, 4) is 6.07 Å². The number of anilines is 1. The summed E-state index contributed by atoms with van der Waals surface area (Å²) in [6.07, 6.45) is 0. The predicted octanol–water partition coefficient (Wildman–Crippen LogP) is 3.63. The number of aromatic nitrogens is 1. The van der Waals surface area contributed by atoms with Crippen molar-refractivity contribution in [2.24, 2.45) is 0 Å². The van der Waals surface area contributed by atoms with E-state index in [-0.39, 0.29) is 11.4 Å². The Morgan fingerprint density at radius 3 is 2.73 bits per heavy atom. The number of hydrogen-bond donors (Lipinski definition) is 2. The largest absolute Gasteiger partial charge is 0.331 e. The number of para-hydroxylation sites is 1. The van der Waals surface area contributed by atoms with E-state index >= 15 is 0 Å². The zero-order chi connectivity index (χ0) is 16.2. The fourth-order valence-electron chi connectivity index (χ4n) is 1.75. The summed E-state index contributed by atoms with van der Waals surface area (Å²) in [5.41, 5.74) is 1.95. The highest BCUT2D eigenvalue weighted by atomic mass is 32.1. The van der Waals surface area contributed by atoms with E-state index in [4.69, 9.17) is 5.26 Å². The van der Waals surface area contributed by atoms with Gasteiger partial charge in [-0.1, -0.05) is 32.9 Å². The number of nitrogens with one attached hydrogen (secondary N) is 2. The van der Waals surface area contributed by atoms with Crippen LogP contribution in [0.3, 0.4) is 0 Å². The molecule has 2 rings (SSSR count). The lowest BCUT2D eigenvalue weighted by Gasteiger charge is -2.14. The molecule has 0 spiro atoms. The van der Waals surface area contributed by atoms with Gasteiger partial charge in [-0.2, -0.15) is 5.26 Å². The Bertz CT molecular complexity index is 709. The zero-order valence-corrected chi connectivity index (χ0v) is 13.6. The van der Waals surface area contributed by atoms with Gasteiger partial charge in [-0.25, -0.2) is 9.78 Å². The van der Waals surface area contributed by atoms with Gasteiger partial charge in [0, 0.05) is 10.8 Å². The van der Waals surface area contributed by atoms with Gasteiger partial charge >= 0.3 is 6.03 Å². The number of amides is 2. The zero-order valence-electron chi connectivity index (χ0n) is 12.8. The number of carbonyl (C=O) groups is 1. The molecule has 0 fully saturated rings. The molecule has 0 saturated carbocycles. The van der Waals surface area contributed by atoms with Crippen LogP contribution in [0.2, 0.25) is 0 Å². The van der Waals surface area contributed by atoms with Crippen LogP contribution in [-0.4, -0.2) is 11.0 Å². The molecule has 0 aliphatic heterocycles. The molecule has 0 aliphatic carbocycles. The molecule has 5 nitrogen and oxygen atoms in total. The SMILES string of the molecule is CC(C)(C)c1csc(CNC(=O)Nc2ccccc2C#N)n1. The Labute approximate surface area is 134 Å². The van der Waals surface area contributed by atoms with Crippen molar-refractivity contribution in [1.82, 2.24) is 10.3 Å². The Morgan fingerprint density at radius 2 is 2.09 bits per heavy atom. The highest BCUT2D eigenvalue weighted by Crippen LogP contribution is 2.23. The molecule has 0 unspecified atom stereocenters. The van der Waals surface area contributed by atoms with Gasteiger partial charge in [0.2, 0.25) is 0 Å². The van der Waals surface area contributed by atoms with E-state index < -0.39 is 0 Å². The van der Waals surface area contributed by atoms with E-state index in [1.54, 1.807) is 24.3 Å². The highest BCUT2D eigenvalue weighted by Gasteiger charge is 2.17. The van der Waals surface area contributed by atoms with E-state index in [2.05, 4.69) is 36.4 Å². The van der Waals surface area contributed by atoms with Gasteiger partial charge in [-0.05, 0) is 12.1 Å². The molecule has 1 heterocycles. The first kappa shape index (κ1) is 16.0. The second-order valence-corrected chi connectivity index (χ2v) is 6.78. The van der Waals surface area contributed by atoms with Crippen molar-refractivity contribution < 1.29 is 4.79 Å². The number of rotatable bonds is 3. The molecule has 2 N–H and O–H groups in total. The summed E-state index contributed by atoms with van der Waals surface area (Å²) in [4.78, 5) is 16.4. The molecule has 1 aromatic carbocycles. The highest BCUT2D eigenvalue weighted by molar-refractivity contribution is 7.09. The maximum absolute atomic E-state index is 11.9. The third-order valence-electron chi connectivity index (χ3n) is 3.02. The number of benzene rings is 1. The number of urea groups is 1. The molecule has 114 valence electrons. The van der Waals surface area contributed by atoms with Gasteiger partial charge in [-0.15, -0.1) is 11.3 Å². The Hall–Kier alpha value is -2.39. The minimum Gasteiger partial charge on any atom is -0.331 e. The van der Waals surface area contributed by atoms with Gasteiger partial charge in [-0.3, -0.25) is 0 Å². The topological polar surface area (TPSA) is 77.8 Å². The number of carbonyl (C=O) groups excluding carboxylic acids is 1. The predicted molar refractivity (Wildman–Crippen MR) is 87.8 cm³/mol. The van der Waals surface area contributed by atoms with Crippen LogP contribution in [-0.2, 0) is 12.0 Å². The van der Waals surface area contributed by atoms with E-state index in [0.717, 1.165) is 10.7 Å². The van der Waals surface area contributed by atoms with Crippen LogP contribution >= 0.6 is 11.3 Å². The Morgan fingerprint density at radius 1 is 1.36 bits per heavy atom. The van der Waals surface area contributed by atoms with Gasteiger partial charge < -0.3 is 10.6 Å². The third-order valence-corrected chi connectivity index (χ3v) is 3.86. The number of hydrogen-bond acceptors (Lipinski definition) is 4. The van der Waals surface area contributed by atoms with Crippen molar-refractivity contribution in [3.63, 3.8) is 0 Å². The van der Waals surface area contributed by atoms with Crippen LogP contribution in [0.4, 0.5) is 10.5 Å². The fourth-order valence-corrected chi connectivity index (χ4v) is 2.71. The first-order valence-corrected chi connectivity index (χ1v) is 7.77. The lowest BCUT2D eigenvalue weighted by atomic mass is 9.93. The van der Waals surface area contributed by atoms with E-state index in [1.165, 1.54) is 11.3 Å². The summed E-state index contributed by atoms with van der Waals surface area (Å²) in [6.45, 7) is 6.67. The number of nitrogens with zero attached hydrogens (tertiary/aromatic N) is 2. The van der Waals surface area contributed by atoms with Gasteiger partial charge in [0.25, 0.3) is 0 Å². The van der Waals surface area contributed by atoms with Crippen LogP contribution in [0.1, 0.15) is 37.0 Å². The smallest absolute Gasteiger partial charge is 0.319 e. The van der Waals surface area contributed by atoms with Crippen molar-refractivity contribution in [2.45, 2.75) is 32.7 Å². The summed E-state index contributed by atoms with van der Waals surface area (Å²) in [6, 6.07) is 8.57. The van der Waals surface area contributed by atoms with Crippen molar-refractivity contribution >= 4 is 23.1 Å². The first-order valence-electron chi connectivity index (χ1n) is 6.89. The summed E-state index contributed by atoms with van der Waals surface area (Å²) < 4.78 is 0. The summed E-state index contributed by atoms with van der Waals surface area (Å²) in [5.74, 6) is 0. The van der Waals surface area contributed by atoms with Crippen LogP contribution in [0.5, 0.6) is 0 Å². The van der Waals surface area contributed by atoms with Crippen molar-refractivity contribution in [3.05, 3.63) is 45.9 Å². The lowest BCUT2D eigenvalue weighted by molar-refractivity contribution is 0.251. The standard InChI is InChI=1S/C16H18N4OS/c1-16(2,3)13-10-22-14(20-13)9-18-15(21)19-12-7-5-4-6-11(12)8-17/h4-7,10H,9H2,1-3H3,(H2,18,19,21). The normalized spacial score (nSPS) is 10.8. The average molecular weight is 314 g/mol. The molecule has 2 aromatic rings. The Kier molecular flexibility index (Phi) is 4.78. The molecular weight excluding hydrogens is 296 g/mol. The molecule has 0 saturated heterocycles. The molecule has 6 heteroatoms. The first-order chi connectivity index (χ1) is 10.4. The average Bonchev–Trinajstić information content (AvgIpc) is 2.95. The van der Waals surface area contributed by atoms with E-state index in [0.29, 0.717) is 17.8 Å². The third kappa shape index (κ3) is 4.06. The second-order valence-electron chi connectivity index (χ2n) is 5.84. The maximum Gasteiger partial charge on any atom is 0.319 e. The number of nitriles is 1. The van der Waals surface area contributed by atoms with Crippen molar-refractivity contribution in [2.75, 3.05) is 5.32 Å². The van der Waals surface area contributed by atoms with Gasteiger partial charge in [0.05, 0.1) is 23.5 Å². The van der Waals surface area contributed by atoms with E-state index in [9.17, 15) is 4.79 Å². The summed E-state index contributed by atoms with van der Waals surface area (Å²) in [5, 5.41) is 17.3. The Balaban J connectivity index is 1.93. The van der Waals surface area contributed by atoms with Crippen LogP contribution in [0.15, 0.2) is 29.6 Å². The molecular formula is C16H18N4OS. The lowest BCUT2D eigenvalue weighted by Crippen LogP contribution is -2.28. The molecule has 1 aromatic heterocycles. The van der Waals surface area contributed by atoms with Gasteiger partial charge in [0.15, 0.2) is 0 Å². The summed E-state index contributed by atoms with van der Waals surface area (Å²) >= 11 is 1.53. The molecule has 0 bridgehead atoms. The monoisotopic (exact) mass is 314 g/mol. The molecule has 22 heavy (non-hydrogen) atoms. The minimum absolute atomic E-state index is 0.00272. The molecule has 2 amide bonds. The summed E-state index contributed by atoms with van der Waals surface area (Å²) in [7, 11) is 0. The second kappa shape index (κ2) is 6.58. The van der Waals surface area contributed by atoms with Gasteiger partial charge in [0.1, 0.15) is 11.1 Å². The molecule has 0 aliphatic rings. The number of thiazole rings is 1. The van der Waals surface area contributed by atoms with Crippen molar-refractivity contribution in [1.29, 1.82) is 5.26 Å². The van der Waals surface area contributed by atoms with Crippen LogP contribution in [0, 0.1) is 11.3 Å². The van der Waals surface area contributed by atoms with Crippen LogP contribution in [0.25, 0.3) is 0 Å². The van der Waals surface area contributed by atoms with E-state index in [1.807, 2.05) is 11.4 Å². The minimum atomic E-state index is -0.352. The fraction of sp³-hybridized carbons (Fsp3) is 0.312. The molecule has 0 atom stereocenters. The van der Waals surface area contributed by atoms with Crippen LogP contribution < -0.4 is 10.6 Å². The molecule has 0 radical (unpaired) electrons. The maximum atomic E-state index is 11.9.